The highest BCUT2D eigenvalue weighted by atomic mass is 32.1. The minimum Gasteiger partial charge on any atom is -0.387 e. The van der Waals surface area contributed by atoms with Crippen LogP contribution in [0.15, 0.2) is 11.6 Å². The fourth-order valence-corrected chi connectivity index (χ4v) is 2.66. The maximum Gasteiger partial charge on any atom is 0.225 e. The molecule has 108 valence electrons. The van der Waals surface area contributed by atoms with Gasteiger partial charge in [0.05, 0.1) is 24.5 Å². The number of amides is 1. The van der Waals surface area contributed by atoms with E-state index in [9.17, 15) is 9.90 Å². The maximum atomic E-state index is 11.5. The van der Waals surface area contributed by atoms with Crippen LogP contribution >= 0.6 is 11.3 Å². The third-order valence-electron chi connectivity index (χ3n) is 2.78. The summed E-state index contributed by atoms with van der Waals surface area (Å²) in [6, 6.07) is 0. The van der Waals surface area contributed by atoms with Crippen molar-refractivity contribution in [1.29, 1.82) is 0 Å². The maximum absolute atomic E-state index is 11.5. The summed E-state index contributed by atoms with van der Waals surface area (Å²) in [7, 11) is 0. The van der Waals surface area contributed by atoms with Crippen LogP contribution in [-0.2, 0) is 11.3 Å². The standard InChI is InChI=1S/C12H17N5O2S/c1-4-17(9(3)19)12-13-10(7-20-12)5-16-6-11(8(2)18)14-15-16/h6-8,18H,4-5H2,1-3H3. The van der Waals surface area contributed by atoms with Crippen LogP contribution in [0.3, 0.4) is 0 Å². The van der Waals surface area contributed by atoms with Gasteiger partial charge in [-0.05, 0) is 13.8 Å². The first-order chi connectivity index (χ1) is 9.51. The van der Waals surface area contributed by atoms with Gasteiger partial charge >= 0.3 is 0 Å². The Hall–Kier alpha value is -1.80. The van der Waals surface area contributed by atoms with Crippen LogP contribution in [0.5, 0.6) is 0 Å². The molecule has 1 N–H and O–H groups in total. The number of aromatic nitrogens is 4. The van der Waals surface area contributed by atoms with E-state index in [1.807, 2.05) is 12.3 Å². The Kier molecular flexibility index (Phi) is 4.46. The molecule has 8 heteroatoms. The zero-order valence-electron chi connectivity index (χ0n) is 11.6. The van der Waals surface area contributed by atoms with Crippen molar-refractivity contribution in [3.05, 3.63) is 23.0 Å². The molecule has 2 aromatic rings. The molecule has 1 amide bonds. The van der Waals surface area contributed by atoms with Crippen LogP contribution in [0.1, 0.15) is 38.3 Å². The van der Waals surface area contributed by atoms with E-state index in [2.05, 4.69) is 15.3 Å². The average Bonchev–Trinajstić information content (AvgIpc) is 3.00. The lowest BCUT2D eigenvalue weighted by atomic mass is 10.3. The lowest BCUT2D eigenvalue weighted by molar-refractivity contribution is -0.116. The first-order valence-electron chi connectivity index (χ1n) is 6.31. The highest BCUT2D eigenvalue weighted by molar-refractivity contribution is 7.14. The zero-order valence-corrected chi connectivity index (χ0v) is 12.5. The van der Waals surface area contributed by atoms with Crippen molar-refractivity contribution in [3.8, 4) is 0 Å². The first kappa shape index (κ1) is 14.6. The second kappa shape index (κ2) is 6.10. The minimum absolute atomic E-state index is 0.0226. The minimum atomic E-state index is -0.636. The molecule has 0 aliphatic heterocycles. The number of thiazole rings is 1. The molecular formula is C12H17N5O2S. The molecule has 1 unspecified atom stereocenters. The Labute approximate surface area is 120 Å². The SMILES string of the molecule is CCN(C(C)=O)c1nc(Cn2cc(C(C)O)nn2)cs1. The normalized spacial score (nSPS) is 12.4. The number of hydrogen-bond acceptors (Lipinski definition) is 6. The van der Waals surface area contributed by atoms with Gasteiger partial charge in [0.15, 0.2) is 5.13 Å². The number of rotatable bonds is 5. The van der Waals surface area contributed by atoms with E-state index in [4.69, 9.17) is 0 Å². The van der Waals surface area contributed by atoms with Crippen molar-refractivity contribution in [1.82, 2.24) is 20.0 Å². The predicted molar refractivity (Wildman–Crippen MR) is 75.6 cm³/mol. The molecule has 7 nitrogen and oxygen atoms in total. The molecule has 0 spiro atoms. The van der Waals surface area contributed by atoms with Gasteiger partial charge in [0.25, 0.3) is 0 Å². The summed E-state index contributed by atoms with van der Waals surface area (Å²) in [5.41, 5.74) is 1.34. The lowest BCUT2D eigenvalue weighted by Crippen LogP contribution is -2.27. The van der Waals surface area contributed by atoms with E-state index < -0.39 is 6.10 Å². The molecule has 2 rings (SSSR count). The van der Waals surface area contributed by atoms with Gasteiger partial charge in [0, 0.05) is 18.8 Å². The molecule has 0 aromatic carbocycles. The Balaban J connectivity index is 2.10. The Bertz CT molecular complexity index is 592. The van der Waals surface area contributed by atoms with Gasteiger partial charge in [0.1, 0.15) is 5.69 Å². The average molecular weight is 295 g/mol. The summed E-state index contributed by atoms with van der Waals surface area (Å²) in [6.45, 7) is 6.14. The molecule has 0 radical (unpaired) electrons. The van der Waals surface area contributed by atoms with Gasteiger partial charge in [-0.3, -0.25) is 9.69 Å². The van der Waals surface area contributed by atoms with Crippen LogP contribution < -0.4 is 4.90 Å². The summed E-state index contributed by atoms with van der Waals surface area (Å²) >= 11 is 1.43. The van der Waals surface area contributed by atoms with Gasteiger partial charge in [-0.2, -0.15) is 0 Å². The van der Waals surface area contributed by atoms with Crippen molar-refractivity contribution in [2.24, 2.45) is 0 Å². The highest BCUT2D eigenvalue weighted by Gasteiger charge is 2.14. The third kappa shape index (κ3) is 3.20. The van der Waals surface area contributed by atoms with Gasteiger partial charge in [-0.25, -0.2) is 9.67 Å². The molecular weight excluding hydrogens is 278 g/mol. The number of carbonyl (C=O) groups excluding carboxylic acids is 1. The molecule has 1 atom stereocenters. The molecule has 0 aliphatic carbocycles. The summed E-state index contributed by atoms with van der Waals surface area (Å²) < 4.78 is 1.62. The first-order valence-corrected chi connectivity index (χ1v) is 7.19. The fraction of sp³-hybridized carbons (Fsp3) is 0.500. The summed E-state index contributed by atoms with van der Waals surface area (Å²) in [6.07, 6.45) is 1.05. The number of aliphatic hydroxyl groups excluding tert-OH is 1. The Morgan fingerprint density at radius 3 is 2.90 bits per heavy atom. The van der Waals surface area contributed by atoms with E-state index in [0.29, 0.717) is 23.9 Å². The molecule has 0 saturated carbocycles. The quantitative estimate of drug-likeness (QED) is 0.896. The van der Waals surface area contributed by atoms with E-state index in [-0.39, 0.29) is 5.91 Å². The second-order valence-electron chi connectivity index (χ2n) is 4.40. The summed E-state index contributed by atoms with van der Waals surface area (Å²) in [5.74, 6) is -0.0226. The van der Waals surface area contributed by atoms with Crippen molar-refractivity contribution < 1.29 is 9.90 Å². The Morgan fingerprint density at radius 2 is 2.35 bits per heavy atom. The van der Waals surface area contributed by atoms with E-state index in [1.165, 1.54) is 18.3 Å². The molecule has 0 aliphatic rings. The zero-order chi connectivity index (χ0) is 14.7. The van der Waals surface area contributed by atoms with E-state index in [1.54, 1.807) is 22.7 Å². The smallest absolute Gasteiger partial charge is 0.225 e. The molecule has 20 heavy (non-hydrogen) atoms. The predicted octanol–water partition coefficient (Wildman–Crippen LogP) is 1.21. The molecule has 0 saturated heterocycles. The van der Waals surface area contributed by atoms with Crippen molar-refractivity contribution in [2.75, 3.05) is 11.4 Å². The number of hydrogen-bond donors (Lipinski definition) is 1. The van der Waals surface area contributed by atoms with Crippen molar-refractivity contribution >= 4 is 22.4 Å². The van der Waals surface area contributed by atoms with E-state index >= 15 is 0 Å². The number of anilines is 1. The van der Waals surface area contributed by atoms with Crippen LogP contribution in [0.25, 0.3) is 0 Å². The summed E-state index contributed by atoms with van der Waals surface area (Å²) in [4.78, 5) is 17.5. The molecule has 2 aromatic heterocycles. The highest BCUT2D eigenvalue weighted by Crippen LogP contribution is 2.21. The van der Waals surface area contributed by atoms with Gasteiger partial charge < -0.3 is 5.11 Å². The number of carbonyl (C=O) groups is 1. The van der Waals surface area contributed by atoms with Crippen LogP contribution in [0.4, 0.5) is 5.13 Å². The third-order valence-corrected chi connectivity index (χ3v) is 3.69. The molecule has 0 bridgehead atoms. The fourth-order valence-electron chi connectivity index (χ4n) is 1.73. The van der Waals surface area contributed by atoms with Crippen LogP contribution in [0, 0.1) is 0 Å². The monoisotopic (exact) mass is 295 g/mol. The topological polar surface area (TPSA) is 84.1 Å². The summed E-state index contributed by atoms with van der Waals surface area (Å²) in [5, 5.41) is 19.8. The van der Waals surface area contributed by atoms with Crippen LogP contribution in [-0.4, -0.2) is 37.5 Å². The van der Waals surface area contributed by atoms with Crippen molar-refractivity contribution in [3.63, 3.8) is 0 Å². The number of aliphatic hydroxyl groups is 1. The molecule has 0 fully saturated rings. The second-order valence-corrected chi connectivity index (χ2v) is 5.24. The largest absolute Gasteiger partial charge is 0.387 e. The van der Waals surface area contributed by atoms with Gasteiger partial charge in [0.2, 0.25) is 5.91 Å². The number of nitrogens with zero attached hydrogens (tertiary/aromatic N) is 5. The van der Waals surface area contributed by atoms with Gasteiger partial charge in [-0.15, -0.1) is 16.4 Å². The van der Waals surface area contributed by atoms with Gasteiger partial charge in [-0.1, -0.05) is 5.21 Å². The molecule has 2 heterocycles. The van der Waals surface area contributed by atoms with Crippen LogP contribution in [0.2, 0.25) is 0 Å². The van der Waals surface area contributed by atoms with Crippen molar-refractivity contribution in [2.45, 2.75) is 33.4 Å². The van der Waals surface area contributed by atoms with E-state index in [0.717, 1.165) is 5.69 Å². The lowest BCUT2D eigenvalue weighted by Gasteiger charge is -2.14. The Morgan fingerprint density at radius 1 is 1.60 bits per heavy atom.